The van der Waals surface area contributed by atoms with Crippen LogP contribution >= 0.6 is 11.3 Å². The van der Waals surface area contributed by atoms with Crippen molar-refractivity contribution in [2.24, 2.45) is 5.84 Å². The van der Waals surface area contributed by atoms with Crippen LogP contribution < -0.4 is 16.8 Å². The largest absolute Gasteiger partial charge is 0.303 e. The van der Waals surface area contributed by atoms with E-state index in [2.05, 4.69) is 4.98 Å². The number of hydrogen-bond donors (Lipinski definition) is 2. The van der Waals surface area contributed by atoms with E-state index in [0.29, 0.717) is 11.3 Å². The molecule has 0 fully saturated rings. The van der Waals surface area contributed by atoms with Crippen molar-refractivity contribution >= 4 is 22.9 Å². The highest BCUT2D eigenvalue weighted by atomic mass is 32.1. The first kappa shape index (κ1) is 14.8. The van der Waals surface area contributed by atoms with Gasteiger partial charge in [-0.3, -0.25) is 25.1 Å². The Kier molecular flexibility index (Phi) is 4.10. The molecule has 0 bridgehead atoms. The Morgan fingerprint density at radius 3 is 2.95 bits per heavy atom. The molecular formula is C11H11N5O4S. The van der Waals surface area contributed by atoms with E-state index in [1.807, 2.05) is 5.43 Å². The normalized spacial score (nSPS) is 10.4. The van der Waals surface area contributed by atoms with E-state index in [1.165, 1.54) is 23.8 Å². The Hall–Kier alpha value is -2.59. The highest BCUT2D eigenvalue weighted by Crippen LogP contribution is 2.15. The lowest BCUT2D eigenvalue weighted by Crippen LogP contribution is -2.30. The summed E-state index contributed by atoms with van der Waals surface area (Å²) in [6.07, 6.45) is 1.17. The van der Waals surface area contributed by atoms with Crippen molar-refractivity contribution in [3.63, 3.8) is 0 Å². The topological polar surface area (TPSA) is 133 Å². The van der Waals surface area contributed by atoms with Crippen LogP contribution in [0.5, 0.6) is 0 Å². The van der Waals surface area contributed by atoms with Crippen LogP contribution in [-0.4, -0.2) is 20.4 Å². The van der Waals surface area contributed by atoms with Crippen molar-refractivity contribution in [2.75, 3.05) is 0 Å². The minimum atomic E-state index is -0.556. The third-order valence-electron chi connectivity index (χ3n) is 2.71. The number of carbonyl (C=O) groups excluding carboxylic acids is 1. The number of nitrogens with two attached hydrogens (primary N) is 1. The van der Waals surface area contributed by atoms with E-state index in [0.717, 1.165) is 11.3 Å². The Balaban J connectivity index is 2.33. The predicted octanol–water partition coefficient (Wildman–Crippen LogP) is 0.173. The van der Waals surface area contributed by atoms with Crippen LogP contribution in [-0.2, 0) is 6.54 Å². The van der Waals surface area contributed by atoms with Crippen LogP contribution in [0.4, 0.5) is 5.69 Å². The maximum atomic E-state index is 11.8. The number of hydrazine groups is 1. The first-order valence-corrected chi connectivity index (χ1v) is 6.61. The van der Waals surface area contributed by atoms with Crippen molar-refractivity contribution in [3.05, 3.63) is 54.4 Å². The zero-order chi connectivity index (χ0) is 15.6. The number of rotatable bonds is 4. The number of thiazole rings is 1. The van der Waals surface area contributed by atoms with Gasteiger partial charge < -0.3 is 4.57 Å². The van der Waals surface area contributed by atoms with Crippen LogP contribution in [0.1, 0.15) is 21.1 Å². The first-order chi connectivity index (χ1) is 9.92. The number of carbonyl (C=O) groups is 1. The highest BCUT2D eigenvalue weighted by Gasteiger charge is 2.15. The Morgan fingerprint density at radius 1 is 1.62 bits per heavy atom. The fourth-order valence-electron chi connectivity index (χ4n) is 1.69. The van der Waals surface area contributed by atoms with Crippen LogP contribution in [0.2, 0.25) is 0 Å². The van der Waals surface area contributed by atoms with Gasteiger partial charge in [0.15, 0.2) is 5.01 Å². The molecule has 10 heteroatoms. The average Bonchev–Trinajstić information content (AvgIpc) is 2.89. The highest BCUT2D eigenvalue weighted by molar-refractivity contribution is 7.11. The van der Waals surface area contributed by atoms with Crippen LogP contribution in [0, 0.1) is 17.0 Å². The predicted molar refractivity (Wildman–Crippen MR) is 75.0 cm³/mol. The van der Waals surface area contributed by atoms with Crippen molar-refractivity contribution in [3.8, 4) is 0 Å². The molecule has 3 N–H and O–H groups in total. The zero-order valence-corrected chi connectivity index (χ0v) is 11.7. The van der Waals surface area contributed by atoms with E-state index < -0.39 is 10.8 Å². The van der Waals surface area contributed by atoms with Crippen LogP contribution in [0.25, 0.3) is 0 Å². The molecule has 2 heterocycles. The minimum Gasteiger partial charge on any atom is -0.303 e. The van der Waals surface area contributed by atoms with Gasteiger partial charge in [0.2, 0.25) is 0 Å². The van der Waals surface area contributed by atoms with Gasteiger partial charge in [0.05, 0.1) is 23.4 Å². The van der Waals surface area contributed by atoms with Crippen LogP contribution in [0.3, 0.4) is 0 Å². The standard InChI is InChI=1S/C11H11N5O4S/c1-6-2-9(17)15(4-8(6)16(19)20)3-7-5-21-11(13-7)10(18)14-12/h2,4-5H,3,12H2,1H3,(H,14,18). The first-order valence-electron chi connectivity index (χ1n) is 5.73. The van der Waals surface area contributed by atoms with E-state index in [9.17, 15) is 19.7 Å². The molecule has 0 aliphatic carbocycles. The maximum absolute atomic E-state index is 11.8. The van der Waals surface area contributed by atoms with Crippen molar-refractivity contribution < 1.29 is 9.72 Å². The fourth-order valence-corrected chi connectivity index (χ4v) is 2.40. The molecule has 0 spiro atoms. The monoisotopic (exact) mass is 309 g/mol. The summed E-state index contributed by atoms with van der Waals surface area (Å²) in [7, 11) is 0. The third-order valence-corrected chi connectivity index (χ3v) is 3.60. The second-order valence-electron chi connectivity index (χ2n) is 4.18. The van der Waals surface area contributed by atoms with E-state index in [-0.39, 0.29) is 22.8 Å². The number of hydrogen-bond acceptors (Lipinski definition) is 7. The molecule has 2 aromatic heterocycles. The number of nitrogens with one attached hydrogen (secondary N) is 1. The zero-order valence-electron chi connectivity index (χ0n) is 10.9. The van der Waals surface area contributed by atoms with Gasteiger partial charge in [-0.2, -0.15) is 0 Å². The SMILES string of the molecule is Cc1cc(=O)n(Cc2csc(C(=O)NN)n2)cc1[N+](=O)[O-]. The summed E-state index contributed by atoms with van der Waals surface area (Å²) in [5, 5.41) is 12.6. The third kappa shape index (κ3) is 3.12. The van der Waals surface area contributed by atoms with E-state index >= 15 is 0 Å². The minimum absolute atomic E-state index is 0.0360. The average molecular weight is 309 g/mol. The Labute approximate surface area is 122 Å². The summed E-state index contributed by atoms with van der Waals surface area (Å²) in [4.78, 5) is 37.5. The fraction of sp³-hybridized carbons (Fsp3) is 0.182. The lowest BCUT2D eigenvalue weighted by atomic mass is 10.2. The molecule has 0 saturated carbocycles. The molecule has 0 aromatic carbocycles. The van der Waals surface area contributed by atoms with Gasteiger partial charge in [-0.05, 0) is 6.92 Å². The molecule has 9 nitrogen and oxygen atoms in total. The van der Waals surface area contributed by atoms with Gasteiger partial charge in [0.25, 0.3) is 17.2 Å². The summed E-state index contributed by atoms with van der Waals surface area (Å²) in [5.41, 5.74) is 2.16. The summed E-state index contributed by atoms with van der Waals surface area (Å²) < 4.78 is 1.17. The number of pyridine rings is 1. The molecule has 1 amide bonds. The second kappa shape index (κ2) is 5.81. The van der Waals surface area contributed by atoms with Gasteiger partial charge in [-0.25, -0.2) is 10.8 Å². The summed E-state index contributed by atoms with van der Waals surface area (Å²) in [6.45, 7) is 1.53. The van der Waals surface area contributed by atoms with Crippen molar-refractivity contribution in [2.45, 2.75) is 13.5 Å². The Morgan fingerprint density at radius 2 is 2.33 bits per heavy atom. The van der Waals surface area contributed by atoms with Crippen molar-refractivity contribution in [1.29, 1.82) is 0 Å². The molecule has 0 aliphatic heterocycles. The summed E-state index contributed by atoms with van der Waals surface area (Å²) in [6, 6.07) is 1.19. The summed E-state index contributed by atoms with van der Waals surface area (Å²) in [5.74, 6) is 4.46. The van der Waals surface area contributed by atoms with Gasteiger partial charge in [0.1, 0.15) is 0 Å². The maximum Gasteiger partial charge on any atom is 0.294 e. The molecule has 110 valence electrons. The van der Waals surface area contributed by atoms with Gasteiger partial charge >= 0.3 is 0 Å². The van der Waals surface area contributed by atoms with Gasteiger partial charge in [-0.1, -0.05) is 0 Å². The Bertz CT molecular complexity index is 766. The molecule has 2 rings (SSSR count). The quantitative estimate of drug-likeness (QED) is 0.358. The lowest BCUT2D eigenvalue weighted by Gasteiger charge is -2.04. The molecule has 0 radical (unpaired) electrons. The number of amides is 1. The molecular weight excluding hydrogens is 298 g/mol. The van der Waals surface area contributed by atoms with Gasteiger partial charge in [0, 0.05) is 17.0 Å². The molecule has 21 heavy (non-hydrogen) atoms. The number of nitrogen functional groups attached to an aromatic ring is 1. The molecule has 0 aliphatic rings. The molecule has 0 unspecified atom stereocenters. The smallest absolute Gasteiger partial charge is 0.294 e. The van der Waals surface area contributed by atoms with Gasteiger partial charge in [-0.15, -0.1) is 11.3 Å². The molecule has 0 saturated heterocycles. The number of nitrogens with zero attached hydrogens (tertiary/aromatic N) is 3. The summed E-state index contributed by atoms with van der Waals surface area (Å²) >= 11 is 1.07. The number of nitro groups is 1. The van der Waals surface area contributed by atoms with E-state index in [1.54, 1.807) is 5.38 Å². The van der Waals surface area contributed by atoms with Crippen LogP contribution in [0.15, 0.2) is 22.4 Å². The number of aromatic nitrogens is 2. The number of aryl methyl sites for hydroxylation is 1. The van der Waals surface area contributed by atoms with E-state index in [4.69, 9.17) is 5.84 Å². The molecule has 2 aromatic rings. The lowest BCUT2D eigenvalue weighted by molar-refractivity contribution is -0.385. The van der Waals surface area contributed by atoms with Crippen molar-refractivity contribution in [1.82, 2.24) is 15.0 Å². The second-order valence-corrected chi connectivity index (χ2v) is 5.04. The molecule has 0 atom stereocenters.